The lowest BCUT2D eigenvalue weighted by atomic mass is 9.97. The van der Waals surface area contributed by atoms with Crippen molar-refractivity contribution in [3.63, 3.8) is 0 Å². The molecule has 0 aliphatic rings. The average Bonchev–Trinajstić information content (AvgIpc) is 2.24. The zero-order valence-electron chi connectivity index (χ0n) is 10.8. The minimum Gasteiger partial charge on any atom is -0.468 e. The molecule has 0 aromatic rings. The number of carbonyl (C=O) groups excluding carboxylic acids is 1. The van der Waals surface area contributed by atoms with Gasteiger partial charge in [0.05, 0.1) is 13.7 Å². The topological polar surface area (TPSA) is 64.8 Å². The predicted molar refractivity (Wildman–Crippen MR) is 63.2 cm³/mol. The van der Waals surface area contributed by atoms with E-state index in [-0.39, 0.29) is 5.97 Å². The van der Waals surface area contributed by atoms with Crippen LogP contribution in [0.2, 0.25) is 0 Å². The number of nitrogens with two attached hydrogens (primary N) is 1. The van der Waals surface area contributed by atoms with Crippen molar-refractivity contribution in [1.82, 2.24) is 4.90 Å². The zero-order valence-corrected chi connectivity index (χ0v) is 10.8. The van der Waals surface area contributed by atoms with Gasteiger partial charge in [-0.3, -0.25) is 4.79 Å². The van der Waals surface area contributed by atoms with E-state index in [0.717, 1.165) is 19.5 Å². The summed E-state index contributed by atoms with van der Waals surface area (Å²) in [6, 6.07) is 0. The third-order valence-corrected chi connectivity index (χ3v) is 2.56. The van der Waals surface area contributed by atoms with Gasteiger partial charge in [0.2, 0.25) is 0 Å². The first kappa shape index (κ1) is 15.3. The van der Waals surface area contributed by atoms with E-state index in [0.29, 0.717) is 13.0 Å². The van der Waals surface area contributed by atoms with E-state index in [1.54, 1.807) is 14.0 Å². The molecule has 16 heavy (non-hydrogen) atoms. The lowest BCUT2D eigenvalue weighted by Crippen LogP contribution is -2.46. The number of methoxy groups -OCH3 is 2. The zero-order chi connectivity index (χ0) is 12.6. The molecular weight excluding hydrogens is 208 g/mol. The van der Waals surface area contributed by atoms with Crippen LogP contribution in [0, 0.1) is 0 Å². The van der Waals surface area contributed by atoms with Crippen molar-refractivity contribution in [2.45, 2.75) is 25.3 Å². The Balaban J connectivity index is 3.75. The van der Waals surface area contributed by atoms with E-state index >= 15 is 0 Å². The number of likely N-dealkylation sites (N-methyl/N-ethyl adjacent to an activating group) is 1. The van der Waals surface area contributed by atoms with E-state index in [1.165, 1.54) is 7.11 Å². The summed E-state index contributed by atoms with van der Waals surface area (Å²) in [5, 5.41) is 0. The number of ether oxygens (including phenoxy) is 2. The molecule has 5 nitrogen and oxygen atoms in total. The summed E-state index contributed by atoms with van der Waals surface area (Å²) >= 11 is 0. The van der Waals surface area contributed by atoms with Crippen LogP contribution in [-0.4, -0.2) is 57.4 Å². The first-order valence-corrected chi connectivity index (χ1v) is 5.49. The van der Waals surface area contributed by atoms with Crippen LogP contribution in [0.5, 0.6) is 0 Å². The molecule has 0 rings (SSSR count). The Morgan fingerprint density at radius 1 is 1.38 bits per heavy atom. The van der Waals surface area contributed by atoms with Gasteiger partial charge in [-0.15, -0.1) is 0 Å². The van der Waals surface area contributed by atoms with Crippen molar-refractivity contribution in [1.29, 1.82) is 0 Å². The molecule has 0 saturated carbocycles. The Morgan fingerprint density at radius 3 is 2.50 bits per heavy atom. The van der Waals surface area contributed by atoms with Crippen molar-refractivity contribution in [3.05, 3.63) is 0 Å². The molecule has 0 aliphatic heterocycles. The molecule has 0 amide bonds. The van der Waals surface area contributed by atoms with E-state index < -0.39 is 5.54 Å². The average molecular weight is 232 g/mol. The fourth-order valence-corrected chi connectivity index (χ4v) is 1.41. The second kappa shape index (κ2) is 7.60. The molecule has 0 fully saturated rings. The third kappa shape index (κ3) is 6.05. The van der Waals surface area contributed by atoms with Gasteiger partial charge in [-0.2, -0.15) is 0 Å². The van der Waals surface area contributed by atoms with Gasteiger partial charge in [-0.1, -0.05) is 0 Å². The summed E-state index contributed by atoms with van der Waals surface area (Å²) in [6.07, 6.45) is 1.49. The fraction of sp³-hybridized carbons (Fsp3) is 0.909. The van der Waals surface area contributed by atoms with Crippen LogP contribution in [0.4, 0.5) is 0 Å². The normalized spacial score (nSPS) is 14.9. The fourth-order valence-electron chi connectivity index (χ4n) is 1.41. The number of carbonyl (C=O) groups is 1. The summed E-state index contributed by atoms with van der Waals surface area (Å²) in [4.78, 5) is 13.5. The number of hydrogen-bond donors (Lipinski definition) is 1. The minimum atomic E-state index is -0.878. The van der Waals surface area contributed by atoms with Crippen LogP contribution in [0.15, 0.2) is 0 Å². The quantitative estimate of drug-likeness (QED) is 0.607. The number of esters is 1. The van der Waals surface area contributed by atoms with Crippen LogP contribution in [0.3, 0.4) is 0 Å². The molecule has 0 aromatic heterocycles. The van der Waals surface area contributed by atoms with Gasteiger partial charge < -0.3 is 20.1 Å². The SMILES string of the molecule is COCCN(C)CCCC(C)(N)C(=O)OC. The first-order chi connectivity index (χ1) is 7.44. The summed E-state index contributed by atoms with van der Waals surface area (Å²) < 4.78 is 9.61. The van der Waals surface area contributed by atoms with Crippen LogP contribution in [0.1, 0.15) is 19.8 Å². The molecule has 0 saturated heterocycles. The largest absolute Gasteiger partial charge is 0.468 e. The van der Waals surface area contributed by atoms with Gasteiger partial charge >= 0.3 is 5.97 Å². The highest BCUT2D eigenvalue weighted by Crippen LogP contribution is 2.10. The van der Waals surface area contributed by atoms with E-state index in [1.807, 2.05) is 7.05 Å². The van der Waals surface area contributed by atoms with Crippen molar-refractivity contribution in [3.8, 4) is 0 Å². The van der Waals surface area contributed by atoms with E-state index in [9.17, 15) is 4.79 Å². The molecule has 0 heterocycles. The first-order valence-electron chi connectivity index (χ1n) is 5.49. The number of hydrogen-bond acceptors (Lipinski definition) is 5. The Bertz CT molecular complexity index is 207. The van der Waals surface area contributed by atoms with Gasteiger partial charge in [-0.25, -0.2) is 0 Å². The maximum Gasteiger partial charge on any atom is 0.325 e. The van der Waals surface area contributed by atoms with Crippen molar-refractivity contribution >= 4 is 5.97 Å². The van der Waals surface area contributed by atoms with E-state index in [4.69, 9.17) is 10.5 Å². The number of rotatable bonds is 8. The van der Waals surface area contributed by atoms with Crippen molar-refractivity contribution < 1.29 is 14.3 Å². The summed E-state index contributed by atoms with van der Waals surface area (Å²) in [6.45, 7) is 4.20. The molecule has 1 atom stereocenters. The molecule has 2 N–H and O–H groups in total. The van der Waals surface area contributed by atoms with Gasteiger partial charge in [0.1, 0.15) is 5.54 Å². The van der Waals surface area contributed by atoms with Crippen molar-refractivity contribution in [2.24, 2.45) is 5.73 Å². The van der Waals surface area contributed by atoms with Crippen LogP contribution < -0.4 is 5.73 Å². The highest BCUT2D eigenvalue weighted by molar-refractivity contribution is 5.79. The standard InChI is InChI=1S/C11H24N2O3/c1-11(12,10(14)16-4)6-5-7-13(2)8-9-15-3/h5-9,12H2,1-4H3. The summed E-state index contributed by atoms with van der Waals surface area (Å²) in [5.74, 6) is -0.355. The molecule has 0 aliphatic carbocycles. The Hall–Kier alpha value is -0.650. The van der Waals surface area contributed by atoms with Crippen LogP contribution in [-0.2, 0) is 14.3 Å². The van der Waals surface area contributed by atoms with Gasteiger partial charge in [0.25, 0.3) is 0 Å². The molecule has 0 spiro atoms. The Labute approximate surface area is 97.9 Å². The predicted octanol–water partition coefficient (Wildman–Crippen LogP) is 0.235. The maximum absolute atomic E-state index is 11.3. The second-order valence-corrected chi connectivity index (χ2v) is 4.31. The number of nitrogens with zero attached hydrogens (tertiary/aromatic N) is 1. The lowest BCUT2D eigenvalue weighted by Gasteiger charge is -2.23. The molecule has 5 heteroatoms. The van der Waals surface area contributed by atoms with Gasteiger partial charge in [-0.05, 0) is 33.4 Å². The van der Waals surface area contributed by atoms with Crippen molar-refractivity contribution in [2.75, 3.05) is 41.0 Å². The maximum atomic E-state index is 11.3. The van der Waals surface area contributed by atoms with Gasteiger partial charge in [0, 0.05) is 13.7 Å². The van der Waals surface area contributed by atoms with Gasteiger partial charge in [0.15, 0.2) is 0 Å². The molecular formula is C11H24N2O3. The highest BCUT2D eigenvalue weighted by Gasteiger charge is 2.28. The minimum absolute atomic E-state index is 0.355. The third-order valence-electron chi connectivity index (χ3n) is 2.56. The Kier molecular flexibility index (Phi) is 7.29. The second-order valence-electron chi connectivity index (χ2n) is 4.31. The lowest BCUT2D eigenvalue weighted by molar-refractivity contribution is -0.146. The molecule has 0 radical (unpaired) electrons. The molecule has 0 bridgehead atoms. The highest BCUT2D eigenvalue weighted by atomic mass is 16.5. The molecule has 1 unspecified atom stereocenters. The molecule has 96 valence electrons. The molecule has 0 aromatic carbocycles. The summed E-state index contributed by atoms with van der Waals surface area (Å²) in [5.41, 5.74) is 4.96. The van der Waals surface area contributed by atoms with Crippen LogP contribution in [0.25, 0.3) is 0 Å². The monoisotopic (exact) mass is 232 g/mol. The summed E-state index contributed by atoms with van der Waals surface area (Å²) in [7, 11) is 5.06. The van der Waals surface area contributed by atoms with E-state index in [2.05, 4.69) is 9.64 Å². The van der Waals surface area contributed by atoms with Crippen LogP contribution >= 0.6 is 0 Å². The smallest absolute Gasteiger partial charge is 0.325 e. The Morgan fingerprint density at radius 2 is 2.00 bits per heavy atom.